The molecule has 32 heavy (non-hydrogen) atoms. The van der Waals surface area contributed by atoms with Crippen molar-refractivity contribution in [3.8, 4) is 11.5 Å². The summed E-state index contributed by atoms with van der Waals surface area (Å²) < 4.78 is 10.7. The molecule has 6 heteroatoms. The molecule has 174 valence electrons. The molecule has 0 fully saturated rings. The Bertz CT molecular complexity index is 903. The van der Waals surface area contributed by atoms with E-state index in [4.69, 9.17) is 9.47 Å². The smallest absolute Gasteiger partial charge is 0.310 e. The Kier molecular flexibility index (Phi) is 8.21. The third-order valence-electron chi connectivity index (χ3n) is 6.04. The Hall–Kier alpha value is -2.70. The van der Waals surface area contributed by atoms with E-state index in [2.05, 4.69) is 0 Å². The van der Waals surface area contributed by atoms with E-state index in [1.165, 1.54) is 0 Å². The van der Waals surface area contributed by atoms with Gasteiger partial charge in [-0.05, 0) is 73.2 Å². The molecule has 0 amide bonds. The summed E-state index contributed by atoms with van der Waals surface area (Å²) in [6, 6.07) is 10.1. The van der Waals surface area contributed by atoms with Crippen LogP contribution in [0, 0.1) is 13.8 Å². The van der Waals surface area contributed by atoms with Crippen LogP contribution in [0.1, 0.15) is 75.6 Å². The first-order valence-electron chi connectivity index (χ1n) is 11.1. The van der Waals surface area contributed by atoms with Gasteiger partial charge in [-0.15, -0.1) is 0 Å². The first kappa shape index (κ1) is 25.6. The number of aryl methyl sites for hydroxylation is 2. The molecule has 0 spiro atoms. The van der Waals surface area contributed by atoms with Crippen molar-refractivity contribution >= 4 is 11.9 Å². The third-order valence-corrected chi connectivity index (χ3v) is 6.04. The molecule has 0 radical (unpaired) electrons. The van der Waals surface area contributed by atoms with Crippen LogP contribution in [0.25, 0.3) is 0 Å². The molecule has 0 aliphatic heterocycles. The van der Waals surface area contributed by atoms with Crippen molar-refractivity contribution in [3.63, 3.8) is 0 Å². The molecule has 2 rings (SSSR count). The molecule has 2 aromatic rings. The largest absolute Gasteiger partial charge is 0.426 e. The van der Waals surface area contributed by atoms with E-state index in [1.54, 1.807) is 64.1 Å². The lowest BCUT2D eigenvalue weighted by atomic mass is 9.70. The van der Waals surface area contributed by atoms with Gasteiger partial charge in [0.2, 0.25) is 0 Å². The number of benzene rings is 2. The Morgan fingerprint density at radius 3 is 1.31 bits per heavy atom. The molecule has 6 nitrogen and oxygen atoms in total. The van der Waals surface area contributed by atoms with Gasteiger partial charge in [0, 0.05) is 12.8 Å². The maximum Gasteiger partial charge on any atom is 0.310 e. The van der Waals surface area contributed by atoms with Gasteiger partial charge < -0.3 is 19.7 Å². The van der Waals surface area contributed by atoms with Gasteiger partial charge in [0.1, 0.15) is 22.7 Å². The van der Waals surface area contributed by atoms with E-state index in [-0.39, 0.29) is 37.6 Å². The first-order valence-corrected chi connectivity index (χ1v) is 11.1. The monoisotopic (exact) mass is 442 g/mol. The van der Waals surface area contributed by atoms with Crippen molar-refractivity contribution in [2.75, 3.05) is 0 Å². The van der Waals surface area contributed by atoms with Gasteiger partial charge in [0.15, 0.2) is 0 Å². The Balaban J connectivity index is 2.51. The normalized spacial score (nSPS) is 14.9. The summed E-state index contributed by atoms with van der Waals surface area (Å²) >= 11 is 0. The lowest BCUT2D eigenvalue weighted by Gasteiger charge is -2.44. The molecule has 0 bridgehead atoms. The lowest BCUT2D eigenvalue weighted by Crippen LogP contribution is -2.49. The number of hydrogen-bond acceptors (Lipinski definition) is 6. The van der Waals surface area contributed by atoms with Gasteiger partial charge in [0.25, 0.3) is 0 Å². The highest BCUT2D eigenvalue weighted by Gasteiger charge is 2.49. The van der Waals surface area contributed by atoms with Crippen molar-refractivity contribution in [2.24, 2.45) is 0 Å². The summed E-state index contributed by atoms with van der Waals surface area (Å²) in [6.07, 6.45) is 1.02. The fourth-order valence-electron chi connectivity index (χ4n) is 3.90. The van der Waals surface area contributed by atoms with Crippen LogP contribution in [-0.4, -0.2) is 22.2 Å². The summed E-state index contributed by atoms with van der Waals surface area (Å²) in [5.74, 6) is 0.182. The highest BCUT2D eigenvalue weighted by molar-refractivity contribution is 5.73. The summed E-state index contributed by atoms with van der Waals surface area (Å²) in [6.45, 7) is 10.7. The standard InChI is InChI=1S/C26H34O6/c1-7-23(27)31-21-13-11-19(15-17(21)5)25(29,9-3)26(30,10-4)20-12-14-22(18(6)16-20)32-24(28)8-2/h11-16,29-30H,7-10H2,1-6H3. The number of hydrogen-bond donors (Lipinski definition) is 2. The Morgan fingerprint density at radius 2 is 1.06 bits per heavy atom. The van der Waals surface area contributed by atoms with Crippen molar-refractivity contribution < 1.29 is 29.3 Å². The molecular formula is C26H34O6. The number of rotatable bonds is 9. The molecule has 0 aliphatic rings. The van der Waals surface area contributed by atoms with Crippen LogP contribution >= 0.6 is 0 Å². The SMILES string of the molecule is CCC(=O)Oc1ccc(C(O)(CC)C(O)(CC)c2ccc(OC(=O)CC)c(C)c2)cc1C. The fourth-order valence-corrected chi connectivity index (χ4v) is 3.90. The minimum Gasteiger partial charge on any atom is -0.426 e. The zero-order valence-electron chi connectivity index (χ0n) is 19.8. The maximum absolute atomic E-state index is 11.8. The minimum absolute atomic E-state index is 0.247. The van der Waals surface area contributed by atoms with Gasteiger partial charge >= 0.3 is 11.9 Å². The second-order valence-electron chi connectivity index (χ2n) is 8.04. The van der Waals surface area contributed by atoms with Gasteiger partial charge in [0.05, 0.1) is 0 Å². The Morgan fingerprint density at radius 1 is 0.719 bits per heavy atom. The van der Waals surface area contributed by atoms with Crippen LogP contribution < -0.4 is 9.47 Å². The predicted molar refractivity (Wildman–Crippen MR) is 123 cm³/mol. The molecule has 0 saturated carbocycles. The molecule has 2 aromatic carbocycles. The first-order chi connectivity index (χ1) is 15.1. The second-order valence-corrected chi connectivity index (χ2v) is 8.04. The predicted octanol–water partition coefficient (Wildman–Crippen LogP) is 4.83. The average molecular weight is 443 g/mol. The van der Waals surface area contributed by atoms with E-state index < -0.39 is 11.2 Å². The second kappa shape index (κ2) is 10.3. The number of ether oxygens (including phenoxy) is 2. The van der Waals surface area contributed by atoms with Gasteiger partial charge in [-0.1, -0.05) is 39.8 Å². The highest BCUT2D eigenvalue weighted by atomic mass is 16.5. The number of carbonyl (C=O) groups excluding carboxylic acids is 2. The molecular weight excluding hydrogens is 408 g/mol. The van der Waals surface area contributed by atoms with Crippen molar-refractivity contribution in [3.05, 3.63) is 58.7 Å². The molecule has 0 aliphatic carbocycles. The van der Waals surface area contributed by atoms with Crippen LogP contribution in [0.2, 0.25) is 0 Å². The van der Waals surface area contributed by atoms with Crippen molar-refractivity contribution in [1.82, 2.24) is 0 Å². The molecule has 0 heterocycles. The molecule has 0 aromatic heterocycles. The van der Waals surface area contributed by atoms with Crippen molar-refractivity contribution in [2.45, 2.75) is 78.4 Å². The van der Waals surface area contributed by atoms with Crippen LogP contribution in [0.5, 0.6) is 11.5 Å². The summed E-state index contributed by atoms with van der Waals surface area (Å²) in [5, 5.41) is 23.6. The zero-order valence-corrected chi connectivity index (χ0v) is 19.8. The topological polar surface area (TPSA) is 93.1 Å². The van der Waals surface area contributed by atoms with Crippen LogP contribution in [0.3, 0.4) is 0 Å². The lowest BCUT2D eigenvalue weighted by molar-refractivity contribution is -0.169. The average Bonchev–Trinajstić information content (AvgIpc) is 2.80. The number of aliphatic hydroxyl groups is 2. The number of carbonyl (C=O) groups is 2. The summed E-state index contributed by atoms with van der Waals surface area (Å²) in [5.41, 5.74) is -0.781. The van der Waals surface area contributed by atoms with E-state index in [9.17, 15) is 19.8 Å². The van der Waals surface area contributed by atoms with Gasteiger partial charge in [-0.2, -0.15) is 0 Å². The van der Waals surface area contributed by atoms with Crippen LogP contribution in [0.4, 0.5) is 0 Å². The van der Waals surface area contributed by atoms with E-state index >= 15 is 0 Å². The molecule has 0 saturated heterocycles. The summed E-state index contributed by atoms with van der Waals surface area (Å²) in [7, 11) is 0. The third kappa shape index (κ3) is 4.87. The fraction of sp³-hybridized carbons (Fsp3) is 0.462. The highest BCUT2D eigenvalue weighted by Crippen LogP contribution is 2.46. The minimum atomic E-state index is -1.60. The molecule has 2 atom stereocenters. The quantitative estimate of drug-likeness (QED) is 0.427. The van der Waals surface area contributed by atoms with Crippen molar-refractivity contribution in [1.29, 1.82) is 0 Å². The van der Waals surface area contributed by atoms with Crippen LogP contribution in [0.15, 0.2) is 36.4 Å². The van der Waals surface area contributed by atoms with Gasteiger partial charge in [-0.25, -0.2) is 0 Å². The maximum atomic E-state index is 11.8. The number of esters is 2. The summed E-state index contributed by atoms with van der Waals surface area (Å²) in [4.78, 5) is 23.3. The van der Waals surface area contributed by atoms with E-state index in [0.29, 0.717) is 33.8 Å². The molecule has 2 N–H and O–H groups in total. The molecule has 2 unspecified atom stereocenters. The zero-order chi connectivity index (χ0) is 24.1. The van der Waals surface area contributed by atoms with Crippen LogP contribution in [-0.2, 0) is 20.8 Å². The van der Waals surface area contributed by atoms with Gasteiger partial charge in [-0.3, -0.25) is 9.59 Å². The van der Waals surface area contributed by atoms with E-state index in [0.717, 1.165) is 0 Å². The van der Waals surface area contributed by atoms with E-state index in [1.807, 2.05) is 13.8 Å². The Labute approximate surface area is 190 Å².